The Kier molecular flexibility index (Phi) is 10.7. The molecule has 270 valence electrons. The van der Waals surface area contributed by atoms with E-state index in [9.17, 15) is 14.9 Å². The molecule has 0 spiro atoms. The van der Waals surface area contributed by atoms with Gasteiger partial charge in [0, 0.05) is 63.0 Å². The third-order valence-corrected chi connectivity index (χ3v) is 10.4. The molecule has 4 heterocycles. The maximum absolute atomic E-state index is 13.3. The molecular formula is C40H46N8O4. The lowest BCUT2D eigenvalue weighted by Gasteiger charge is -2.42. The fraction of sp³-hybridized carbons (Fsp3) is 0.425. The van der Waals surface area contributed by atoms with E-state index in [1.165, 1.54) is 10.8 Å². The van der Waals surface area contributed by atoms with Crippen molar-refractivity contribution in [2.75, 3.05) is 69.8 Å². The largest absolute Gasteiger partial charge is 0.462 e. The molecule has 52 heavy (non-hydrogen) atoms. The summed E-state index contributed by atoms with van der Waals surface area (Å²) in [4.78, 5) is 45.9. The lowest BCUT2D eigenvalue weighted by atomic mass is 10.0. The number of fused-ring (bicyclic) bond motifs is 2. The van der Waals surface area contributed by atoms with Crippen LogP contribution in [0.4, 0.5) is 16.3 Å². The topological polar surface area (TPSA) is 118 Å². The van der Waals surface area contributed by atoms with Crippen LogP contribution in [0.15, 0.2) is 72.8 Å². The van der Waals surface area contributed by atoms with E-state index in [-0.39, 0.29) is 31.0 Å². The smallest absolute Gasteiger partial charge is 0.410 e. The number of amides is 2. The van der Waals surface area contributed by atoms with Crippen molar-refractivity contribution in [3.05, 3.63) is 89.6 Å². The quantitative estimate of drug-likeness (QED) is 0.227. The maximum Gasteiger partial charge on any atom is 0.410 e. The van der Waals surface area contributed by atoms with Gasteiger partial charge in [-0.1, -0.05) is 66.7 Å². The van der Waals surface area contributed by atoms with Crippen molar-refractivity contribution in [2.45, 2.75) is 50.9 Å². The first-order valence-electron chi connectivity index (χ1n) is 18.2. The molecule has 12 nitrogen and oxygen atoms in total. The van der Waals surface area contributed by atoms with Gasteiger partial charge in [0.2, 0.25) is 5.91 Å². The number of rotatable bonds is 10. The number of hydrogen-bond acceptors (Lipinski definition) is 10. The van der Waals surface area contributed by atoms with Gasteiger partial charge in [-0.3, -0.25) is 9.69 Å². The van der Waals surface area contributed by atoms with E-state index in [2.05, 4.69) is 63.2 Å². The summed E-state index contributed by atoms with van der Waals surface area (Å²) in [5, 5.41) is 12.2. The zero-order chi connectivity index (χ0) is 36.0. The number of hydrogen-bond donors (Lipinski definition) is 0. The minimum absolute atomic E-state index is 0.0720. The van der Waals surface area contributed by atoms with Crippen LogP contribution in [-0.2, 0) is 29.1 Å². The van der Waals surface area contributed by atoms with Crippen LogP contribution >= 0.6 is 0 Å². The van der Waals surface area contributed by atoms with E-state index in [0.717, 1.165) is 60.7 Å². The Morgan fingerprint density at radius 2 is 1.73 bits per heavy atom. The highest BCUT2D eigenvalue weighted by molar-refractivity contribution is 5.94. The van der Waals surface area contributed by atoms with E-state index in [0.29, 0.717) is 45.3 Å². The summed E-state index contributed by atoms with van der Waals surface area (Å²) in [6.07, 6.45) is 2.43. The Morgan fingerprint density at radius 1 is 0.923 bits per heavy atom. The number of likely N-dealkylation sites (tertiary alicyclic amines) is 1. The molecule has 4 aromatic rings. The molecule has 2 fully saturated rings. The van der Waals surface area contributed by atoms with Gasteiger partial charge in [-0.05, 0) is 42.8 Å². The second-order valence-electron chi connectivity index (χ2n) is 14.0. The van der Waals surface area contributed by atoms with Crippen LogP contribution in [0.2, 0.25) is 0 Å². The number of ether oxygens (including phenoxy) is 2. The molecule has 0 bridgehead atoms. The van der Waals surface area contributed by atoms with Crippen molar-refractivity contribution in [2.24, 2.45) is 0 Å². The lowest BCUT2D eigenvalue weighted by molar-refractivity contribution is -0.130. The van der Waals surface area contributed by atoms with Crippen molar-refractivity contribution >= 4 is 34.3 Å². The van der Waals surface area contributed by atoms with Crippen LogP contribution in [0.25, 0.3) is 10.8 Å². The average Bonchev–Trinajstić information content (AvgIpc) is 3.62. The van der Waals surface area contributed by atoms with Crippen LogP contribution in [0.5, 0.6) is 6.01 Å². The number of anilines is 2. The Morgan fingerprint density at radius 3 is 2.56 bits per heavy atom. The lowest BCUT2D eigenvalue weighted by Crippen LogP contribution is -2.55. The molecule has 2 amide bonds. The highest BCUT2D eigenvalue weighted by Crippen LogP contribution is 2.35. The molecule has 12 heteroatoms. The molecule has 7 rings (SSSR count). The molecule has 2 saturated heterocycles. The number of likely N-dealkylation sites (N-methyl/N-ethyl adjacent to an activating group) is 1. The number of benzene rings is 3. The first kappa shape index (κ1) is 35.0. The van der Waals surface area contributed by atoms with Crippen molar-refractivity contribution in [1.82, 2.24) is 24.7 Å². The molecule has 3 aromatic carbocycles. The van der Waals surface area contributed by atoms with Crippen LogP contribution in [-0.4, -0.2) is 109 Å². The van der Waals surface area contributed by atoms with E-state index in [1.807, 2.05) is 30.3 Å². The van der Waals surface area contributed by atoms with Gasteiger partial charge in [0.25, 0.3) is 0 Å². The van der Waals surface area contributed by atoms with Crippen LogP contribution in [0.1, 0.15) is 36.1 Å². The summed E-state index contributed by atoms with van der Waals surface area (Å²) >= 11 is 0. The van der Waals surface area contributed by atoms with Gasteiger partial charge in [-0.2, -0.15) is 15.2 Å². The Balaban J connectivity index is 1.14. The summed E-state index contributed by atoms with van der Waals surface area (Å²) in [6.45, 7) is 4.51. The molecule has 0 aliphatic carbocycles. The van der Waals surface area contributed by atoms with Crippen molar-refractivity contribution < 1.29 is 19.1 Å². The monoisotopic (exact) mass is 702 g/mol. The third-order valence-electron chi connectivity index (χ3n) is 10.4. The number of aromatic nitrogens is 2. The summed E-state index contributed by atoms with van der Waals surface area (Å²) in [7, 11) is 3.56. The molecule has 2 atom stereocenters. The van der Waals surface area contributed by atoms with Gasteiger partial charge in [0.15, 0.2) is 0 Å². The Labute approximate surface area is 305 Å². The molecule has 1 aromatic heterocycles. The van der Waals surface area contributed by atoms with Crippen molar-refractivity contribution in [3.63, 3.8) is 0 Å². The minimum atomic E-state index is -0.419. The van der Waals surface area contributed by atoms with Crippen LogP contribution < -0.4 is 14.5 Å². The van der Waals surface area contributed by atoms with Crippen molar-refractivity contribution in [3.8, 4) is 12.1 Å². The maximum atomic E-state index is 13.3. The number of nitriles is 1. The second kappa shape index (κ2) is 15.9. The predicted molar refractivity (Wildman–Crippen MR) is 199 cm³/mol. The molecule has 1 unspecified atom stereocenters. The zero-order valence-corrected chi connectivity index (χ0v) is 30.0. The number of carbonyl (C=O) groups excluding carboxylic acids is 2. The fourth-order valence-electron chi connectivity index (χ4n) is 7.55. The van der Waals surface area contributed by atoms with E-state index in [4.69, 9.17) is 19.4 Å². The number of piperazine rings is 1. The second-order valence-corrected chi connectivity index (χ2v) is 14.0. The fourth-order valence-corrected chi connectivity index (χ4v) is 7.55. The molecule has 0 saturated carbocycles. The van der Waals surface area contributed by atoms with E-state index in [1.54, 1.807) is 23.9 Å². The Hall–Kier alpha value is -5.41. The van der Waals surface area contributed by atoms with Gasteiger partial charge >= 0.3 is 12.1 Å². The standard InChI is InChI=1S/C40H46N8O4/c1-44(2)37(49)26-45-20-9-14-32(45)28-51-39-42-35-25-46(36-16-8-13-30-12-6-7-15-33(30)36)21-18-34(35)38(43-39)47-22-23-48(31(24-47)17-19-41)40(50)52-27-29-10-4-3-5-11-29/h3-8,10-13,15-16,31-32H,9,14,17-18,20-28H2,1-2H3/t31?,32-/m0/s1. The molecule has 3 aliphatic heterocycles. The van der Waals surface area contributed by atoms with Gasteiger partial charge in [0.05, 0.1) is 37.3 Å². The third kappa shape index (κ3) is 7.75. The summed E-state index contributed by atoms with van der Waals surface area (Å²) < 4.78 is 12.1. The normalized spacial score (nSPS) is 18.9. The summed E-state index contributed by atoms with van der Waals surface area (Å²) in [6, 6.07) is 26.7. The highest BCUT2D eigenvalue weighted by atomic mass is 16.6. The van der Waals surface area contributed by atoms with E-state index >= 15 is 0 Å². The van der Waals surface area contributed by atoms with E-state index < -0.39 is 6.09 Å². The SMILES string of the molecule is CN(C)C(=O)CN1CCC[C@H]1COc1nc2c(c(N3CCN(C(=O)OCc4ccccc4)C(CC#N)C3)n1)CCN(c1cccc3ccccc13)C2. The average molecular weight is 703 g/mol. The first-order valence-corrected chi connectivity index (χ1v) is 18.2. The molecule has 0 N–H and O–H groups in total. The summed E-state index contributed by atoms with van der Waals surface area (Å²) in [5.74, 6) is 0.867. The van der Waals surface area contributed by atoms with Gasteiger partial charge in [0.1, 0.15) is 19.0 Å². The van der Waals surface area contributed by atoms with Crippen LogP contribution in [0, 0.1) is 11.3 Å². The molecular weight excluding hydrogens is 656 g/mol. The molecule has 3 aliphatic rings. The van der Waals surface area contributed by atoms with Crippen LogP contribution in [0.3, 0.4) is 0 Å². The number of carbonyl (C=O) groups is 2. The zero-order valence-electron chi connectivity index (χ0n) is 30.0. The van der Waals surface area contributed by atoms with Gasteiger partial charge in [-0.15, -0.1) is 0 Å². The number of nitrogens with zero attached hydrogens (tertiary/aromatic N) is 8. The first-order chi connectivity index (χ1) is 25.4. The van der Waals surface area contributed by atoms with Gasteiger partial charge in [-0.25, -0.2) is 4.79 Å². The van der Waals surface area contributed by atoms with Gasteiger partial charge < -0.3 is 29.1 Å². The Bertz CT molecular complexity index is 1930. The predicted octanol–water partition coefficient (Wildman–Crippen LogP) is 4.86. The molecule has 0 radical (unpaired) electrons. The van der Waals surface area contributed by atoms with Crippen molar-refractivity contribution in [1.29, 1.82) is 5.26 Å². The summed E-state index contributed by atoms with van der Waals surface area (Å²) in [5.41, 5.74) is 4.05. The highest BCUT2D eigenvalue weighted by Gasteiger charge is 2.35. The minimum Gasteiger partial charge on any atom is -0.462 e.